The summed E-state index contributed by atoms with van der Waals surface area (Å²) in [5.74, 6) is 0.594. The Morgan fingerprint density at radius 1 is 1.29 bits per heavy atom. The molecule has 0 fully saturated rings. The van der Waals surface area contributed by atoms with Gasteiger partial charge in [0.2, 0.25) is 0 Å². The van der Waals surface area contributed by atoms with Crippen molar-refractivity contribution in [1.29, 1.82) is 5.26 Å². The molecule has 0 aromatic carbocycles. The van der Waals surface area contributed by atoms with E-state index in [4.69, 9.17) is 5.26 Å². The Kier molecular flexibility index (Phi) is 1.71. The largest absolute Gasteiger partial charge is 0.250 e. The van der Waals surface area contributed by atoms with Crippen LogP contribution in [0.15, 0.2) is 0 Å². The van der Waals surface area contributed by atoms with Gasteiger partial charge >= 0.3 is 0 Å². The maximum Gasteiger partial charge on any atom is 0.162 e. The van der Waals surface area contributed by atoms with Crippen LogP contribution in [0.1, 0.15) is 17.2 Å². The molecule has 0 aliphatic rings. The van der Waals surface area contributed by atoms with Crippen molar-refractivity contribution in [2.45, 2.75) is 13.8 Å². The van der Waals surface area contributed by atoms with Gasteiger partial charge in [-0.15, -0.1) is 0 Å². The maximum atomic E-state index is 8.92. The number of nitriles is 1. The van der Waals surface area contributed by atoms with E-state index in [1.165, 1.54) is 0 Å². The molecular formula is C9H9N5. The van der Waals surface area contributed by atoms with E-state index in [0.29, 0.717) is 17.2 Å². The van der Waals surface area contributed by atoms with Crippen LogP contribution in [0.5, 0.6) is 0 Å². The Bertz CT molecular complexity index is 546. The van der Waals surface area contributed by atoms with E-state index in [2.05, 4.69) is 21.1 Å². The van der Waals surface area contributed by atoms with Crippen LogP contribution in [-0.4, -0.2) is 19.7 Å². The molecule has 0 unspecified atom stereocenters. The van der Waals surface area contributed by atoms with Crippen molar-refractivity contribution < 1.29 is 0 Å². The number of fused-ring (bicyclic) bond motifs is 1. The van der Waals surface area contributed by atoms with Crippen LogP contribution in [0.3, 0.4) is 0 Å². The van der Waals surface area contributed by atoms with Crippen molar-refractivity contribution in [2.24, 2.45) is 7.05 Å². The third kappa shape index (κ3) is 1.04. The second kappa shape index (κ2) is 2.77. The molecule has 0 radical (unpaired) electrons. The average molecular weight is 187 g/mol. The molecule has 0 bridgehead atoms. The summed E-state index contributed by atoms with van der Waals surface area (Å²) >= 11 is 0. The second-order valence-electron chi connectivity index (χ2n) is 3.14. The van der Waals surface area contributed by atoms with E-state index < -0.39 is 0 Å². The number of hydrogen-bond donors (Lipinski definition) is 0. The molecule has 5 heteroatoms. The predicted octanol–water partition coefficient (Wildman–Crippen LogP) is 0.852. The fourth-order valence-corrected chi connectivity index (χ4v) is 1.53. The Balaban J connectivity index is 3.00. The summed E-state index contributed by atoms with van der Waals surface area (Å²) in [5, 5.41) is 13.9. The lowest BCUT2D eigenvalue weighted by Crippen LogP contribution is -1.97. The number of hydrogen-bond acceptors (Lipinski definition) is 4. The summed E-state index contributed by atoms with van der Waals surface area (Å²) in [4.78, 5) is 8.31. The molecular weight excluding hydrogens is 178 g/mol. The number of aromatic nitrogens is 4. The smallest absolute Gasteiger partial charge is 0.162 e. The van der Waals surface area contributed by atoms with Crippen LogP contribution >= 0.6 is 0 Å². The zero-order valence-electron chi connectivity index (χ0n) is 8.24. The molecule has 2 heterocycles. The van der Waals surface area contributed by atoms with Crippen molar-refractivity contribution in [1.82, 2.24) is 19.7 Å². The summed E-state index contributed by atoms with van der Waals surface area (Å²) in [7, 11) is 1.81. The predicted molar refractivity (Wildman–Crippen MR) is 50.5 cm³/mol. The molecule has 0 atom stereocenters. The second-order valence-corrected chi connectivity index (χ2v) is 3.14. The summed E-state index contributed by atoms with van der Waals surface area (Å²) in [5.41, 5.74) is 1.91. The van der Waals surface area contributed by atoms with Crippen molar-refractivity contribution in [3.8, 4) is 6.07 Å². The van der Waals surface area contributed by atoms with Gasteiger partial charge in [0.25, 0.3) is 0 Å². The molecule has 0 amide bonds. The summed E-state index contributed by atoms with van der Waals surface area (Å²) < 4.78 is 1.67. The van der Waals surface area contributed by atoms with Crippen LogP contribution in [0.25, 0.3) is 11.0 Å². The van der Waals surface area contributed by atoms with E-state index in [-0.39, 0.29) is 0 Å². The maximum absolute atomic E-state index is 8.92. The third-order valence-corrected chi connectivity index (χ3v) is 2.08. The van der Waals surface area contributed by atoms with Crippen molar-refractivity contribution in [2.75, 3.05) is 0 Å². The van der Waals surface area contributed by atoms with Gasteiger partial charge in [-0.2, -0.15) is 10.4 Å². The number of aryl methyl sites for hydroxylation is 3. The van der Waals surface area contributed by atoms with Gasteiger partial charge in [-0.1, -0.05) is 0 Å². The first-order valence-electron chi connectivity index (χ1n) is 4.21. The highest BCUT2D eigenvalue weighted by Crippen LogP contribution is 2.18. The first-order valence-corrected chi connectivity index (χ1v) is 4.21. The highest BCUT2D eigenvalue weighted by molar-refractivity contribution is 5.82. The SMILES string of the molecule is Cc1nc(C#N)c2c(C)nn(C)c2n1. The molecule has 2 aromatic rings. The first kappa shape index (κ1) is 8.63. The van der Waals surface area contributed by atoms with Gasteiger partial charge in [0, 0.05) is 7.05 Å². The van der Waals surface area contributed by atoms with E-state index >= 15 is 0 Å². The third-order valence-electron chi connectivity index (χ3n) is 2.08. The molecule has 2 rings (SSSR count). The molecule has 0 aliphatic carbocycles. The molecule has 0 aliphatic heterocycles. The normalized spacial score (nSPS) is 10.4. The molecule has 0 saturated carbocycles. The van der Waals surface area contributed by atoms with Gasteiger partial charge in [-0.3, -0.25) is 4.68 Å². The molecule has 2 aromatic heterocycles. The number of rotatable bonds is 0. The van der Waals surface area contributed by atoms with E-state index in [9.17, 15) is 0 Å². The summed E-state index contributed by atoms with van der Waals surface area (Å²) in [6.45, 7) is 3.62. The van der Waals surface area contributed by atoms with Crippen LogP contribution in [0.4, 0.5) is 0 Å². The lowest BCUT2D eigenvalue weighted by atomic mass is 10.2. The molecule has 14 heavy (non-hydrogen) atoms. The fraction of sp³-hybridized carbons (Fsp3) is 0.333. The van der Waals surface area contributed by atoms with Crippen molar-refractivity contribution in [3.63, 3.8) is 0 Å². The molecule has 0 N–H and O–H groups in total. The zero-order valence-corrected chi connectivity index (χ0v) is 8.24. The van der Waals surface area contributed by atoms with Gasteiger partial charge < -0.3 is 0 Å². The minimum atomic E-state index is 0.401. The van der Waals surface area contributed by atoms with E-state index in [1.807, 2.05) is 14.0 Å². The van der Waals surface area contributed by atoms with Crippen LogP contribution < -0.4 is 0 Å². The zero-order chi connectivity index (χ0) is 10.3. The van der Waals surface area contributed by atoms with Crippen molar-refractivity contribution >= 4 is 11.0 Å². The van der Waals surface area contributed by atoms with Crippen molar-refractivity contribution in [3.05, 3.63) is 17.2 Å². The van der Waals surface area contributed by atoms with Gasteiger partial charge in [-0.05, 0) is 13.8 Å². The number of nitrogens with zero attached hydrogens (tertiary/aromatic N) is 5. The summed E-state index contributed by atoms with van der Waals surface area (Å²) in [6, 6.07) is 2.06. The lowest BCUT2D eigenvalue weighted by molar-refractivity contribution is 0.771. The Hall–Kier alpha value is -1.96. The molecule has 5 nitrogen and oxygen atoms in total. The Morgan fingerprint density at radius 3 is 2.64 bits per heavy atom. The van der Waals surface area contributed by atoms with Gasteiger partial charge in [0.05, 0.1) is 11.1 Å². The van der Waals surface area contributed by atoms with Crippen LogP contribution in [-0.2, 0) is 7.05 Å². The minimum Gasteiger partial charge on any atom is -0.250 e. The standard InChI is InChI=1S/C9H9N5/c1-5-8-7(4-10)11-6(2)12-9(8)14(3)13-5/h1-3H3. The quantitative estimate of drug-likeness (QED) is 0.613. The Labute approximate surface area is 81.0 Å². The van der Waals surface area contributed by atoms with E-state index in [0.717, 1.165) is 11.1 Å². The highest BCUT2D eigenvalue weighted by atomic mass is 15.3. The monoisotopic (exact) mass is 187 g/mol. The fourth-order valence-electron chi connectivity index (χ4n) is 1.53. The highest BCUT2D eigenvalue weighted by Gasteiger charge is 2.12. The molecule has 70 valence electrons. The topological polar surface area (TPSA) is 67.4 Å². The lowest BCUT2D eigenvalue weighted by Gasteiger charge is -1.96. The average Bonchev–Trinajstić information content (AvgIpc) is 2.41. The van der Waals surface area contributed by atoms with Gasteiger partial charge in [-0.25, -0.2) is 9.97 Å². The van der Waals surface area contributed by atoms with Crippen LogP contribution in [0.2, 0.25) is 0 Å². The van der Waals surface area contributed by atoms with Gasteiger partial charge in [0.15, 0.2) is 11.3 Å². The summed E-state index contributed by atoms with van der Waals surface area (Å²) in [6.07, 6.45) is 0. The van der Waals surface area contributed by atoms with Crippen LogP contribution in [0, 0.1) is 25.2 Å². The minimum absolute atomic E-state index is 0.401. The van der Waals surface area contributed by atoms with Gasteiger partial charge in [0.1, 0.15) is 11.9 Å². The molecule has 0 spiro atoms. The molecule has 0 saturated heterocycles. The Morgan fingerprint density at radius 2 is 2.00 bits per heavy atom. The first-order chi connectivity index (χ1) is 6.63. The van der Waals surface area contributed by atoms with E-state index in [1.54, 1.807) is 11.6 Å².